The van der Waals surface area contributed by atoms with Crippen molar-refractivity contribution in [1.29, 1.82) is 0 Å². The van der Waals surface area contributed by atoms with Gasteiger partial charge in [0.25, 0.3) is 21.0 Å². The van der Waals surface area contributed by atoms with Crippen LogP contribution in [0.5, 0.6) is 0 Å². The molecule has 138 valence electrons. The lowest BCUT2D eigenvalue weighted by molar-refractivity contribution is -0.141. The minimum absolute atomic E-state index is 0.00653. The third-order valence-corrected chi connectivity index (χ3v) is 4.96. The molecule has 0 fully saturated rings. The highest BCUT2D eigenvalue weighted by Crippen LogP contribution is 2.32. The molecule has 2 heterocycles. The Morgan fingerprint density at radius 1 is 1.15 bits per heavy atom. The Labute approximate surface area is 154 Å². The van der Waals surface area contributed by atoms with Crippen molar-refractivity contribution < 1.29 is 21.6 Å². The third-order valence-electron chi connectivity index (χ3n) is 3.20. The van der Waals surface area contributed by atoms with Crippen LogP contribution >= 0.6 is 23.2 Å². The van der Waals surface area contributed by atoms with E-state index < -0.39 is 32.8 Å². The summed E-state index contributed by atoms with van der Waals surface area (Å²) in [7, 11) is -4.37. The molecule has 3 rings (SSSR count). The van der Waals surface area contributed by atoms with Crippen molar-refractivity contribution in [3.8, 4) is 0 Å². The second kappa shape index (κ2) is 6.25. The fraction of sp³-hybridized carbons (Fsp3) is 0.154. The summed E-state index contributed by atoms with van der Waals surface area (Å²) in [5, 5.41) is 2.98. The summed E-state index contributed by atoms with van der Waals surface area (Å²) in [5.41, 5.74) is -1.30. The highest BCUT2D eigenvalue weighted by molar-refractivity contribution is 7.92. The van der Waals surface area contributed by atoms with Crippen molar-refractivity contribution in [2.75, 3.05) is 4.72 Å². The van der Waals surface area contributed by atoms with Gasteiger partial charge in [-0.05, 0) is 25.1 Å². The van der Waals surface area contributed by atoms with Crippen LogP contribution in [0.3, 0.4) is 0 Å². The van der Waals surface area contributed by atoms with Gasteiger partial charge in [-0.3, -0.25) is 4.72 Å². The molecule has 0 aliphatic heterocycles. The number of hydrogen-bond donors (Lipinski definition) is 1. The lowest BCUT2D eigenvalue weighted by Gasteiger charge is -2.08. The molecule has 0 aliphatic rings. The summed E-state index contributed by atoms with van der Waals surface area (Å²) < 4.78 is 66.4. The molecule has 0 atom stereocenters. The number of benzene rings is 1. The SMILES string of the molecule is Cc1cc(C(F)(F)F)nc2nc(S(=O)(=O)Nc3c(Cl)cccc3Cl)nn12. The predicted molar refractivity (Wildman–Crippen MR) is 87.8 cm³/mol. The van der Waals surface area contributed by atoms with Crippen molar-refractivity contribution in [2.45, 2.75) is 18.3 Å². The minimum Gasteiger partial charge on any atom is -0.274 e. The number of aromatic nitrogens is 4. The molecule has 0 bridgehead atoms. The Bertz CT molecular complexity index is 1090. The first-order chi connectivity index (χ1) is 12.0. The van der Waals surface area contributed by atoms with E-state index in [0.29, 0.717) is 0 Å². The molecule has 0 spiro atoms. The quantitative estimate of drug-likeness (QED) is 0.692. The molecule has 0 aliphatic carbocycles. The number of nitrogens with one attached hydrogen (secondary N) is 1. The first-order valence-electron chi connectivity index (χ1n) is 6.77. The zero-order chi connectivity index (χ0) is 19.3. The van der Waals surface area contributed by atoms with Crippen LogP contribution in [0, 0.1) is 6.92 Å². The Hall–Kier alpha value is -2.11. The zero-order valence-electron chi connectivity index (χ0n) is 12.7. The summed E-state index contributed by atoms with van der Waals surface area (Å²) in [4.78, 5) is 6.88. The lowest BCUT2D eigenvalue weighted by atomic mass is 10.3. The van der Waals surface area contributed by atoms with E-state index in [1.807, 2.05) is 0 Å². The van der Waals surface area contributed by atoms with Crippen LogP contribution in [0.1, 0.15) is 11.4 Å². The molecule has 7 nitrogen and oxygen atoms in total. The van der Waals surface area contributed by atoms with E-state index in [1.54, 1.807) is 0 Å². The van der Waals surface area contributed by atoms with E-state index >= 15 is 0 Å². The van der Waals surface area contributed by atoms with Gasteiger partial charge in [-0.2, -0.15) is 26.6 Å². The van der Waals surface area contributed by atoms with Crippen LogP contribution in [0.25, 0.3) is 5.78 Å². The van der Waals surface area contributed by atoms with Gasteiger partial charge in [0.2, 0.25) is 0 Å². The molecule has 1 N–H and O–H groups in total. The van der Waals surface area contributed by atoms with Gasteiger partial charge in [-0.1, -0.05) is 29.3 Å². The fourth-order valence-corrected chi connectivity index (χ4v) is 3.60. The molecule has 0 amide bonds. The summed E-state index contributed by atoms with van der Waals surface area (Å²) in [6.45, 7) is 1.31. The average molecular weight is 426 g/mol. The van der Waals surface area contributed by atoms with E-state index in [1.165, 1.54) is 25.1 Å². The van der Waals surface area contributed by atoms with E-state index in [0.717, 1.165) is 10.6 Å². The summed E-state index contributed by atoms with van der Waals surface area (Å²) in [6, 6.07) is 5.06. The molecule has 0 unspecified atom stereocenters. The average Bonchev–Trinajstić information content (AvgIpc) is 2.96. The molecule has 26 heavy (non-hydrogen) atoms. The van der Waals surface area contributed by atoms with Gasteiger partial charge in [-0.25, -0.2) is 9.50 Å². The molecule has 3 aromatic rings. The smallest absolute Gasteiger partial charge is 0.274 e. The Morgan fingerprint density at radius 3 is 2.35 bits per heavy atom. The number of alkyl halides is 3. The monoisotopic (exact) mass is 425 g/mol. The van der Waals surface area contributed by atoms with Gasteiger partial charge in [-0.15, -0.1) is 5.10 Å². The van der Waals surface area contributed by atoms with E-state index in [-0.39, 0.29) is 21.4 Å². The van der Waals surface area contributed by atoms with Crippen molar-refractivity contribution in [2.24, 2.45) is 0 Å². The van der Waals surface area contributed by atoms with Gasteiger partial charge < -0.3 is 0 Å². The van der Waals surface area contributed by atoms with Crippen molar-refractivity contribution in [3.63, 3.8) is 0 Å². The molecular weight excluding hydrogens is 418 g/mol. The van der Waals surface area contributed by atoms with E-state index in [2.05, 4.69) is 19.8 Å². The minimum atomic E-state index is -4.71. The number of sulfonamides is 1. The molecular formula is C13H8Cl2F3N5O2S. The van der Waals surface area contributed by atoms with Crippen molar-refractivity contribution in [3.05, 3.63) is 45.7 Å². The number of anilines is 1. The number of fused-ring (bicyclic) bond motifs is 1. The van der Waals surface area contributed by atoms with Crippen molar-refractivity contribution in [1.82, 2.24) is 19.6 Å². The number of nitrogens with zero attached hydrogens (tertiary/aromatic N) is 4. The largest absolute Gasteiger partial charge is 0.433 e. The number of rotatable bonds is 3. The summed E-state index contributed by atoms with van der Waals surface area (Å²) in [5.74, 6) is -0.511. The maximum absolute atomic E-state index is 12.8. The Kier molecular flexibility index (Phi) is 4.49. The molecule has 0 radical (unpaired) electrons. The van der Waals surface area contributed by atoms with Crippen LogP contribution in [0.4, 0.5) is 18.9 Å². The number of hydrogen-bond acceptors (Lipinski definition) is 5. The first-order valence-corrected chi connectivity index (χ1v) is 9.01. The highest BCUT2D eigenvalue weighted by Gasteiger charge is 2.34. The van der Waals surface area contributed by atoms with Crippen molar-refractivity contribution >= 4 is 44.7 Å². The Morgan fingerprint density at radius 2 is 1.77 bits per heavy atom. The van der Waals surface area contributed by atoms with Crippen LogP contribution in [-0.2, 0) is 16.2 Å². The summed E-state index contributed by atoms with van der Waals surface area (Å²) >= 11 is 11.8. The topological polar surface area (TPSA) is 89.2 Å². The van der Waals surface area contributed by atoms with Gasteiger partial charge in [0.1, 0.15) is 5.69 Å². The van der Waals surface area contributed by atoms with E-state index in [4.69, 9.17) is 23.2 Å². The van der Waals surface area contributed by atoms with Gasteiger partial charge in [0.05, 0.1) is 15.7 Å². The number of aryl methyl sites for hydroxylation is 1. The van der Waals surface area contributed by atoms with Gasteiger partial charge >= 0.3 is 6.18 Å². The molecule has 0 saturated carbocycles. The number of halogens is 5. The highest BCUT2D eigenvalue weighted by atomic mass is 35.5. The van der Waals surface area contributed by atoms with Crippen LogP contribution in [0.2, 0.25) is 10.0 Å². The standard InChI is InChI=1S/C13H8Cl2F3N5O2S/c1-6-5-9(13(16,17)18)19-11-20-12(21-23(6)11)26(24,25)22-10-7(14)3-2-4-8(10)15/h2-5,22H,1H3. The van der Waals surface area contributed by atoms with Gasteiger partial charge in [0, 0.05) is 5.69 Å². The maximum Gasteiger partial charge on any atom is 0.433 e. The maximum atomic E-state index is 12.8. The number of para-hydroxylation sites is 1. The molecule has 0 saturated heterocycles. The van der Waals surface area contributed by atoms with Crippen LogP contribution < -0.4 is 4.72 Å². The molecule has 1 aromatic carbocycles. The Balaban J connectivity index is 2.08. The normalized spacial score (nSPS) is 12.5. The van der Waals surface area contributed by atoms with Gasteiger partial charge in [0.15, 0.2) is 0 Å². The second-order valence-corrected chi connectivity index (χ2v) is 7.48. The molecule has 2 aromatic heterocycles. The van der Waals surface area contributed by atoms with E-state index in [9.17, 15) is 21.6 Å². The lowest BCUT2D eigenvalue weighted by Crippen LogP contribution is -2.15. The fourth-order valence-electron chi connectivity index (χ4n) is 2.03. The second-order valence-electron chi connectivity index (χ2n) is 5.09. The first kappa shape index (κ1) is 18.7. The van der Waals surface area contributed by atoms with Crippen LogP contribution in [0.15, 0.2) is 29.4 Å². The summed E-state index contributed by atoms with van der Waals surface area (Å²) in [6.07, 6.45) is -4.71. The zero-order valence-corrected chi connectivity index (χ0v) is 15.0. The van der Waals surface area contributed by atoms with Crippen LogP contribution in [-0.4, -0.2) is 28.0 Å². The third kappa shape index (κ3) is 3.41. The molecule has 13 heteroatoms. The predicted octanol–water partition coefficient (Wildman–Crippen LogP) is 3.56.